The summed E-state index contributed by atoms with van der Waals surface area (Å²) < 4.78 is 18.7. The summed E-state index contributed by atoms with van der Waals surface area (Å²) in [6.07, 6.45) is 0.555. The second-order valence-electron chi connectivity index (χ2n) is 8.57. The van der Waals surface area contributed by atoms with Gasteiger partial charge in [0.05, 0.1) is 32.0 Å². The van der Waals surface area contributed by atoms with Crippen LogP contribution < -0.4 is 19.9 Å². The van der Waals surface area contributed by atoms with Crippen LogP contribution in [0.15, 0.2) is 72.8 Å². The predicted molar refractivity (Wildman–Crippen MR) is 142 cm³/mol. The Labute approximate surface area is 220 Å². The largest absolute Gasteiger partial charge is 0.493 e. The van der Waals surface area contributed by atoms with E-state index in [9.17, 15) is 14.7 Å². The average molecular weight is 516 g/mol. The quantitative estimate of drug-likeness (QED) is 0.292. The third-order valence-corrected chi connectivity index (χ3v) is 5.96. The molecule has 0 aliphatic rings. The van der Waals surface area contributed by atoms with E-state index < -0.39 is 11.9 Å². The Balaban J connectivity index is 1.85. The third kappa shape index (κ3) is 6.12. The normalized spacial score (nSPS) is 10.7. The summed E-state index contributed by atoms with van der Waals surface area (Å²) in [4.78, 5) is 22.8. The first-order valence-electron chi connectivity index (χ1n) is 12.0. The van der Waals surface area contributed by atoms with Gasteiger partial charge in [-0.3, -0.25) is 14.3 Å². The molecule has 0 aliphatic heterocycles. The maximum Gasteiger partial charge on any atom is 0.307 e. The van der Waals surface area contributed by atoms with Crippen molar-refractivity contribution in [1.29, 1.82) is 0 Å². The first kappa shape index (κ1) is 26.3. The molecule has 1 aromatic heterocycles. The summed E-state index contributed by atoms with van der Waals surface area (Å²) in [5.74, 6) is -0.0731. The molecule has 9 nitrogen and oxygen atoms in total. The lowest BCUT2D eigenvalue weighted by molar-refractivity contribution is -0.136. The van der Waals surface area contributed by atoms with Gasteiger partial charge in [-0.15, -0.1) is 0 Å². The zero-order valence-electron chi connectivity index (χ0n) is 21.2. The van der Waals surface area contributed by atoms with Gasteiger partial charge in [0.25, 0.3) is 5.91 Å². The minimum absolute atomic E-state index is 0.172. The van der Waals surface area contributed by atoms with Crippen LogP contribution in [0, 0.1) is 0 Å². The van der Waals surface area contributed by atoms with Crippen LogP contribution in [0.2, 0.25) is 0 Å². The van der Waals surface area contributed by atoms with E-state index >= 15 is 0 Å². The monoisotopic (exact) mass is 515 g/mol. The number of aryl methyl sites for hydroxylation is 2. The highest BCUT2D eigenvalue weighted by Gasteiger charge is 2.20. The van der Waals surface area contributed by atoms with Crippen molar-refractivity contribution in [3.8, 4) is 39.8 Å². The summed E-state index contributed by atoms with van der Waals surface area (Å²) in [7, 11) is 3.16. The Morgan fingerprint density at radius 3 is 2.37 bits per heavy atom. The molecule has 0 aliphatic carbocycles. The Bertz CT molecular complexity index is 1430. The summed E-state index contributed by atoms with van der Waals surface area (Å²) in [5.41, 5.74) is 9.66. The number of aliphatic carboxylic acids is 1. The number of rotatable bonds is 12. The van der Waals surface area contributed by atoms with Crippen LogP contribution in [-0.2, 0) is 29.0 Å². The Hall–Kier alpha value is -4.79. The fraction of sp³-hybridized carbons (Fsp3) is 0.207. The number of amides is 1. The standard InChI is InChI=1S/C29H29N3O6/c1-36-26-10-6-9-21(29(26)37-2)24-17-23(31-32(24)14-13-19-7-4-3-5-8-19)22-15-20(16-28(34)35)11-12-25(22)38-18-27(30)33/h3-12,15,17H,13-14,16,18H2,1-2H3,(H2,30,33)(H,34,35). The zero-order chi connectivity index (χ0) is 27.1. The highest BCUT2D eigenvalue weighted by atomic mass is 16.5. The van der Waals surface area contributed by atoms with Gasteiger partial charge in [-0.05, 0) is 47.9 Å². The number of carboxylic acid groups (broad SMARTS) is 1. The number of nitrogens with zero attached hydrogens (tertiary/aromatic N) is 2. The van der Waals surface area contributed by atoms with Crippen molar-refractivity contribution in [2.75, 3.05) is 20.8 Å². The van der Waals surface area contributed by atoms with Crippen molar-refractivity contribution in [2.45, 2.75) is 19.4 Å². The first-order chi connectivity index (χ1) is 18.4. The number of carbonyl (C=O) groups is 2. The third-order valence-electron chi connectivity index (χ3n) is 5.96. The minimum atomic E-state index is -0.961. The number of ether oxygens (including phenoxy) is 3. The van der Waals surface area contributed by atoms with Crippen LogP contribution in [0.5, 0.6) is 17.2 Å². The molecule has 0 saturated heterocycles. The molecule has 196 valence electrons. The van der Waals surface area contributed by atoms with Crippen molar-refractivity contribution in [1.82, 2.24) is 9.78 Å². The van der Waals surface area contributed by atoms with Gasteiger partial charge in [0.2, 0.25) is 0 Å². The van der Waals surface area contributed by atoms with Gasteiger partial charge in [0.1, 0.15) is 5.75 Å². The van der Waals surface area contributed by atoms with Crippen LogP contribution in [0.1, 0.15) is 11.1 Å². The van der Waals surface area contributed by atoms with Crippen LogP contribution in [0.3, 0.4) is 0 Å². The molecule has 1 amide bonds. The molecule has 0 bridgehead atoms. The van der Waals surface area contributed by atoms with Crippen molar-refractivity contribution in [3.63, 3.8) is 0 Å². The molecule has 4 aromatic rings. The number of carbonyl (C=O) groups excluding carboxylic acids is 1. The van der Waals surface area contributed by atoms with Crippen LogP contribution in [0.4, 0.5) is 0 Å². The molecule has 3 N–H and O–H groups in total. The van der Waals surface area contributed by atoms with Gasteiger partial charge in [0.15, 0.2) is 18.1 Å². The molecular formula is C29H29N3O6. The van der Waals surface area contributed by atoms with E-state index in [4.69, 9.17) is 25.0 Å². The zero-order valence-corrected chi connectivity index (χ0v) is 21.2. The average Bonchev–Trinajstić information content (AvgIpc) is 3.34. The molecule has 3 aromatic carbocycles. The summed E-state index contributed by atoms with van der Waals surface area (Å²) in [6.45, 7) is 0.239. The smallest absolute Gasteiger partial charge is 0.307 e. The van der Waals surface area contributed by atoms with Gasteiger partial charge in [0, 0.05) is 17.7 Å². The molecule has 38 heavy (non-hydrogen) atoms. The van der Waals surface area contributed by atoms with E-state index in [0.717, 1.165) is 23.2 Å². The van der Waals surface area contributed by atoms with E-state index in [-0.39, 0.29) is 13.0 Å². The summed E-state index contributed by atoms with van der Waals surface area (Å²) >= 11 is 0. The van der Waals surface area contributed by atoms with Crippen LogP contribution >= 0.6 is 0 Å². The Morgan fingerprint density at radius 2 is 1.68 bits per heavy atom. The van der Waals surface area contributed by atoms with Crippen molar-refractivity contribution < 1.29 is 28.9 Å². The number of nitrogens with two attached hydrogens (primary N) is 1. The fourth-order valence-electron chi connectivity index (χ4n) is 4.24. The highest BCUT2D eigenvalue weighted by molar-refractivity contribution is 5.79. The number of aromatic nitrogens is 2. The molecule has 0 unspecified atom stereocenters. The second-order valence-corrected chi connectivity index (χ2v) is 8.57. The number of primary amides is 1. The Kier molecular flexibility index (Phi) is 8.27. The lowest BCUT2D eigenvalue weighted by Gasteiger charge is -2.14. The first-order valence-corrected chi connectivity index (χ1v) is 12.0. The lowest BCUT2D eigenvalue weighted by atomic mass is 10.0. The predicted octanol–water partition coefficient (Wildman–Crippen LogP) is 3.97. The summed E-state index contributed by atoms with van der Waals surface area (Å²) in [5, 5.41) is 14.2. The van der Waals surface area contributed by atoms with Crippen molar-refractivity contribution >= 4 is 11.9 Å². The number of hydrogen-bond acceptors (Lipinski definition) is 6. The number of para-hydroxylation sites is 1. The Morgan fingerprint density at radius 1 is 0.895 bits per heavy atom. The van der Waals surface area contributed by atoms with E-state index in [1.54, 1.807) is 32.4 Å². The number of benzene rings is 3. The number of methoxy groups -OCH3 is 2. The molecule has 0 saturated carbocycles. The SMILES string of the molecule is COc1cccc(-c2cc(-c3cc(CC(=O)O)ccc3OCC(N)=O)nn2CCc2ccccc2)c1OC. The second kappa shape index (κ2) is 12.0. The molecular weight excluding hydrogens is 486 g/mol. The van der Waals surface area contributed by atoms with Gasteiger partial charge in [-0.2, -0.15) is 5.10 Å². The molecule has 9 heteroatoms. The van der Waals surface area contributed by atoms with E-state index in [1.165, 1.54) is 0 Å². The van der Waals surface area contributed by atoms with Crippen molar-refractivity contribution in [3.05, 3.63) is 83.9 Å². The molecule has 0 spiro atoms. The van der Waals surface area contributed by atoms with E-state index in [0.29, 0.717) is 40.6 Å². The van der Waals surface area contributed by atoms with Crippen LogP contribution in [0.25, 0.3) is 22.5 Å². The minimum Gasteiger partial charge on any atom is -0.493 e. The molecule has 1 heterocycles. The fourth-order valence-corrected chi connectivity index (χ4v) is 4.24. The van der Waals surface area contributed by atoms with E-state index in [2.05, 4.69) is 12.1 Å². The maximum atomic E-state index is 11.4. The number of carboxylic acids is 1. The van der Waals surface area contributed by atoms with E-state index in [1.807, 2.05) is 47.1 Å². The summed E-state index contributed by atoms with van der Waals surface area (Å²) in [6, 6.07) is 22.6. The van der Waals surface area contributed by atoms with Gasteiger partial charge in [-0.1, -0.05) is 42.5 Å². The molecule has 0 fully saturated rings. The van der Waals surface area contributed by atoms with Crippen molar-refractivity contribution in [2.24, 2.45) is 5.73 Å². The molecule has 4 rings (SSSR count). The molecule has 0 radical (unpaired) electrons. The van der Waals surface area contributed by atoms with Gasteiger partial charge >= 0.3 is 5.97 Å². The highest BCUT2D eigenvalue weighted by Crippen LogP contribution is 2.40. The maximum absolute atomic E-state index is 11.4. The lowest BCUT2D eigenvalue weighted by Crippen LogP contribution is -2.20. The number of hydrogen-bond donors (Lipinski definition) is 2. The van der Waals surface area contributed by atoms with Crippen LogP contribution in [-0.4, -0.2) is 47.6 Å². The van der Waals surface area contributed by atoms with Gasteiger partial charge in [-0.25, -0.2) is 0 Å². The van der Waals surface area contributed by atoms with Gasteiger partial charge < -0.3 is 25.1 Å². The molecule has 0 atom stereocenters. The topological polar surface area (TPSA) is 126 Å².